The third kappa shape index (κ3) is 36.4. The lowest BCUT2D eigenvalue weighted by atomic mass is 9.88. The summed E-state index contributed by atoms with van der Waals surface area (Å²) in [5.41, 5.74) is 0. The molecule has 0 aromatic heterocycles. The van der Waals surface area contributed by atoms with Crippen LogP contribution in [0.4, 0.5) is 0 Å². The van der Waals surface area contributed by atoms with Crippen molar-refractivity contribution in [2.24, 2.45) is 0 Å². The number of carbonyl (C=O) groups is 5. The number of aliphatic hydroxyl groups excluding tert-OH is 21. The Morgan fingerprint density at radius 2 is 0.768 bits per heavy atom. The van der Waals surface area contributed by atoms with E-state index in [-0.39, 0.29) is 6.42 Å². The number of aliphatic hydroxyl groups is 21. The van der Waals surface area contributed by atoms with Gasteiger partial charge in [0.25, 0.3) is 5.79 Å². The van der Waals surface area contributed by atoms with E-state index in [0.717, 1.165) is 85.0 Å². The van der Waals surface area contributed by atoms with Crippen molar-refractivity contribution in [1.29, 1.82) is 0 Å². The molecule has 0 aromatic carbocycles. The second-order valence-corrected chi connectivity index (χ2v) is 37.8. The van der Waals surface area contributed by atoms with Gasteiger partial charge in [0.1, 0.15) is 165 Å². The molecule has 138 heavy (non-hydrogen) atoms. The van der Waals surface area contributed by atoms with Crippen LogP contribution >= 0.6 is 0 Å². The highest BCUT2D eigenvalue weighted by molar-refractivity contribution is 5.77. The van der Waals surface area contributed by atoms with Gasteiger partial charge in [-0.3, -0.25) is 19.2 Å². The smallest absolute Gasteiger partial charge is 0.364 e. The molecule has 0 radical (unpaired) electrons. The Kier molecular flexibility index (Phi) is 55.3. The minimum atomic E-state index is -3.42. The molecule has 7 aliphatic heterocycles. The fourth-order valence-corrected chi connectivity index (χ4v) is 18.7. The average molecular weight is 2000 g/mol. The molecule has 0 aromatic rings. The Balaban J connectivity index is 1.08. The van der Waals surface area contributed by atoms with Gasteiger partial charge in [0.15, 0.2) is 37.7 Å². The van der Waals surface area contributed by atoms with Crippen molar-refractivity contribution < 1.29 is 203 Å². The van der Waals surface area contributed by atoms with Gasteiger partial charge in [0.2, 0.25) is 23.6 Å². The maximum atomic E-state index is 13.8. The lowest BCUT2D eigenvalue weighted by molar-refractivity contribution is -0.399. The molecule has 4 amide bonds. The molecular formula is C93H166N4O41. The van der Waals surface area contributed by atoms with Crippen molar-refractivity contribution in [3.8, 4) is 0 Å². The number of hydrogen-bond acceptors (Lipinski definition) is 40. The molecule has 7 fully saturated rings. The number of carbonyl (C=O) groups excluding carboxylic acids is 4. The highest BCUT2D eigenvalue weighted by Gasteiger charge is 2.63. The molecule has 0 saturated carbocycles. The molecular weight excluding hydrogens is 1830 g/mol. The molecule has 7 aliphatic rings. The molecule has 7 saturated heterocycles. The first-order valence-corrected chi connectivity index (χ1v) is 50.1. The molecule has 7 rings (SSSR count). The number of carboxylic acid groups (broad SMARTS) is 1. The first kappa shape index (κ1) is 121. The lowest BCUT2D eigenvalue weighted by Gasteiger charge is -2.52. The van der Waals surface area contributed by atoms with E-state index in [1.807, 2.05) is 6.08 Å². The van der Waals surface area contributed by atoms with E-state index in [1.54, 1.807) is 6.08 Å². The largest absolute Gasteiger partial charge is 0.477 e. The van der Waals surface area contributed by atoms with E-state index < -0.39 is 321 Å². The SMILES string of the molecule is CCCCCCCCCCCCC/C=C/[C@@H](O)[C@H](CO[C@@H]1OC(CO)[C@@H](O[C@@H]2OC(CO[C@@H]3OC(CO)[C@@H](O[C@@H]4OC(CO)[C@H](O[C@@H]5OC(CO)[C@H](O)[C@H](O)C5NC(C)=O)[C@H](O[C@]5(C(=O)O)CC(O)[C@@H](NC(C)=O)C([C@H](O)[C@H](O)CO)O5)C4O)[C@H](O)C3NC(C)=O)[C@H](O)[C@H](O[C@H]3OC(CO)[C@H](O)[C@H](O)C3O)C2O)[C@H](O)C1O)NC(=O)CCCCCCCCCCCCCCCCCCCCCCC. The Bertz CT molecular complexity index is 3410. The van der Waals surface area contributed by atoms with Gasteiger partial charge in [-0.2, -0.15) is 0 Å². The van der Waals surface area contributed by atoms with Crippen LogP contribution in [0.25, 0.3) is 0 Å². The quantitative estimate of drug-likeness (QED) is 0.0214. The minimum Gasteiger partial charge on any atom is -0.477 e. The molecule has 14 unspecified atom stereocenters. The van der Waals surface area contributed by atoms with Crippen LogP contribution < -0.4 is 21.3 Å². The third-order valence-electron chi connectivity index (χ3n) is 26.7. The summed E-state index contributed by atoms with van der Waals surface area (Å²) in [7, 11) is 0. The lowest BCUT2D eigenvalue weighted by Crippen LogP contribution is -2.72. The molecule has 45 heteroatoms. The first-order valence-electron chi connectivity index (χ1n) is 50.1. The van der Waals surface area contributed by atoms with Gasteiger partial charge in [0.05, 0.1) is 77.1 Å². The number of aliphatic carboxylic acids is 1. The normalized spacial score (nSPS) is 36.2. The molecule has 804 valence electrons. The van der Waals surface area contributed by atoms with E-state index in [9.17, 15) is 136 Å². The Morgan fingerprint density at radius 3 is 1.25 bits per heavy atom. The van der Waals surface area contributed by atoms with Crippen LogP contribution in [0.5, 0.6) is 0 Å². The van der Waals surface area contributed by atoms with E-state index in [1.165, 1.54) is 135 Å². The van der Waals surface area contributed by atoms with Gasteiger partial charge in [-0.1, -0.05) is 219 Å². The van der Waals surface area contributed by atoms with Gasteiger partial charge in [-0.05, 0) is 19.3 Å². The van der Waals surface area contributed by atoms with Crippen molar-refractivity contribution in [2.75, 3.05) is 52.9 Å². The van der Waals surface area contributed by atoms with Crippen LogP contribution in [0, 0.1) is 0 Å². The summed E-state index contributed by atoms with van der Waals surface area (Å²) < 4.78 is 84.4. The third-order valence-corrected chi connectivity index (χ3v) is 26.7. The highest BCUT2D eigenvalue weighted by Crippen LogP contribution is 2.42. The molecule has 45 nitrogen and oxygen atoms in total. The molecule has 7 heterocycles. The summed E-state index contributed by atoms with van der Waals surface area (Å²) in [6.45, 7) is -1.12. The van der Waals surface area contributed by atoms with Gasteiger partial charge in [-0.15, -0.1) is 0 Å². The summed E-state index contributed by atoms with van der Waals surface area (Å²) in [6.07, 6.45) is -29.0. The predicted octanol–water partition coefficient (Wildman–Crippen LogP) is -2.91. The second kappa shape index (κ2) is 63.3. The van der Waals surface area contributed by atoms with Gasteiger partial charge < -0.3 is 200 Å². The summed E-state index contributed by atoms with van der Waals surface area (Å²) >= 11 is 0. The van der Waals surface area contributed by atoms with Gasteiger partial charge in [-0.25, -0.2) is 4.79 Å². The van der Waals surface area contributed by atoms with Crippen molar-refractivity contribution in [2.45, 2.75) is 492 Å². The summed E-state index contributed by atoms with van der Waals surface area (Å²) in [4.78, 5) is 66.0. The van der Waals surface area contributed by atoms with E-state index >= 15 is 0 Å². The zero-order valence-corrected chi connectivity index (χ0v) is 80.5. The van der Waals surface area contributed by atoms with Crippen LogP contribution in [0.3, 0.4) is 0 Å². The summed E-state index contributed by atoms with van der Waals surface area (Å²) in [5.74, 6) is -8.76. The van der Waals surface area contributed by atoms with Crippen LogP contribution in [0.15, 0.2) is 12.2 Å². The minimum absolute atomic E-state index is 0.121. The molecule has 26 N–H and O–H groups in total. The van der Waals surface area contributed by atoms with E-state index in [2.05, 4.69) is 35.1 Å². The molecule has 38 atom stereocenters. The summed E-state index contributed by atoms with van der Waals surface area (Å²) in [5, 5.41) is 259. The summed E-state index contributed by atoms with van der Waals surface area (Å²) in [6, 6.07) is -6.75. The average Bonchev–Trinajstić information content (AvgIpc) is 0.743. The maximum Gasteiger partial charge on any atom is 0.364 e. The topological polar surface area (TPSA) is 708 Å². The van der Waals surface area contributed by atoms with Crippen molar-refractivity contribution in [1.82, 2.24) is 21.3 Å². The number of unbranched alkanes of at least 4 members (excludes halogenated alkanes) is 31. The molecule has 0 bridgehead atoms. The zero-order valence-electron chi connectivity index (χ0n) is 80.5. The molecule has 0 aliphatic carbocycles. The van der Waals surface area contributed by atoms with Crippen molar-refractivity contribution in [3.63, 3.8) is 0 Å². The number of allylic oxidation sites excluding steroid dienone is 1. The Hall–Kier alpha value is -4.31. The fraction of sp³-hybridized carbons (Fsp3) is 0.925. The van der Waals surface area contributed by atoms with E-state index in [4.69, 9.17) is 66.3 Å². The van der Waals surface area contributed by atoms with Gasteiger partial charge >= 0.3 is 5.97 Å². The number of amides is 4. The van der Waals surface area contributed by atoms with Crippen LogP contribution in [-0.2, 0) is 90.3 Å². The standard InChI is InChI=1S/C93H166N4O41/c1-6-8-10-12-14-16-18-20-21-22-23-24-25-26-27-29-31-33-35-37-39-41-64(110)97-54(55(107)40-38-36-34-32-30-28-19-17-15-13-11-9-7-2)49-125-88-77(120)75(118)81(61(47-102)130-88)134-90-78(121)84(136-89-76(119)74(117)70(113)59(45-100)128-89)71(114)63(132-90)50-126-86-67(96-53(5)106)73(116)80(60(46-101)129-86)133-91-79(122)85(82(62(48-103)131-91)135-87-66(95-52(4)105)72(115)69(112)58(44-99)127-87)138-93(92(123)124)42-56(108)65(94-51(3)104)83(137-93)68(111)57(109)43-98/h38,40,54-63,65-91,98-103,107-109,111-122H,6-37,39,41-50H2,1-5H3,(H,94,104)(H,95,105)(H,96,106)(H,97,110)(H,123,124)/b40-38+/t54-,55+,56?,57+,58?,59?,60?,61?,62?,63?,65+,66?,67?,68+,69-,70-,71-,72+,73+,74-,75+,76?,77?,78?,79?,80+,81+,82-,83?,84-,85+,86+,87-,88+,89+,90-,91-,93-/m0/s1. The van der Waals surface area contributed by atoms with Crippen molar-refractivity contribution in [3.05, 3.63) is 12.2 Å². The first-order chi connectivity index (χ1) is 66.1. The monoisotopic (exact) mass is 2000 g/mol. The van der Waals surface area contributed by atoms with Gasteiger partial charge in [0, 0.05) is 33.6 Å². The second-order valence-electron chi connectivity index (χ2n) is 37.8. The van der Waals surface area contributed by atoms with Crippen LogP contribution in [0.2, 0.25) is 0 Å². The Morgan fingerprint density at radius 1 is 0.384 bits per heavy atom. The highest BCUT2D eigenvalue weighted by atomic mass is 16.8. The van der Waals surface area contributed by atoms with Crippen LogP contribution in [0.1, 0.15) is 259 Å². The number of carboxylic acids is 1. The number of nitrogens with one attached hydrogen (secondary N) is 4. The van der Waals surface area contributed by atoms with E-state index in [0.29, 0.717) is 12.8 Å². The maximum absolute atomic E-state index is 13.8. The zero-order chi connectivity index (χ0) is 101. The Labute approximate surface area is 807 Å². The number of ether oxygens (including phenoxy) is 14. The number of hydrogen-bond donors (Lipinski definition) is 26. The predicted molar refractivity (Wildman–Crippen MR) is 483 cm³/mol. The fourth-order valence-electron chi connectivity index (χ4n) is 18.7. The number of rotatable bonds is 65. The molecule has 0 spiro atoms. The van der Waals surface area contributed by atoms with Crippen LogP contribution in [-0.4, -0.2) is 427 Å². The van der Waals surface area contributed by atoms with Crippen molar-refractivity contribution >= 4 is 29.6 Å².